The van der Waals surface area contributed by atoms with Gasteiger partial charge in [0.2, 0.25) is 0 Å². The third kappa shape index (κ3) is 3.91. The number of benzene rings is 1. The van der Waals surface area contributed by atoms with Crippen molar-refractivity contribution >= 4 is 5.69 Å². The Bertz CT molecular complexity index is 478. The molecule has 4 rings (SSSR count). The number of anilines is 1. The molecule has 1 aromatic rings. The third-order valence-electron chi connectivity index (χ3n) is 4.31. The van der Waals surface area contributed by atoms with Gasteiger partial charge in [0.05, 0.1) is 25.4 Å². The summed E-state index contributed by atoms with van der Waals surface area (Å²) in [6.07, 6.45) is 3.35. The Labute approximate surface area is 131 Å². The van der Waals surface area contributed by atoms with Crippen molar-refractivity contribution in [3.05, 3.63) is 24.3 Å². The molecule has 3 saturated heterocycles. The summed E-state index contributed by atoms with van der Waals surface area (Å²) >= 11 is 0. The molecule has 3 aliphatic rings. The minimum Gasteiger partial charge on any atom is -0.491 e. The highest BCUT2D eigenvalue weighted by Gasteiger charge is 2.28. The van der Waals surface area contributed by atoms with Gasteiger partial charge >= 0.3 is 0 Å². The van der Waals surface area contributed by atoms with Crippen molar-refractivity contribution in [2.45, 2.75) is 31.2 Å². The van der Waals surface area contributed by atoms with Gasteiger partial charge in [0, 0.05) is 25.4 Å². The van der Waals surface area contributed by atoms with E-state index in [0.717, 1.165) is 45.1 Å². The van der Waals surface area contributed by atoms with Crippen LogP contribution in [0.25, 0.3) is 0 Å². The van der Waals surface area contributed by atoms with Crippen LogP contribution in [-0.4, -0.2) is 57.8 Å². The number of hydrogen-bond acceptors (Lipinski definition) is 5. The summed E-state index contributed by atoms with van der Waals surface area (Å²) in [7, 11) is 0. The molecule has 3 heterocycles. The molecule has 5 heteroatoms. The second kappa shape index (κ2) is 6.44. The molecule has 0 aromatic heterocycles. The maximum absolute atomic E-state index is 5.78. The lowest BCUT2D eigenvalue weighted by molar-refractivity contribution is 0.115. The van der Waals surface area contributed by atoms with E-state index in [1.165, 1.54) is 12.1 Å². The molecule has 0 spiro atoms. The van der Waals surface area contributed by atoms with Gasteiger partial charge in [0.15, 0.2) is 0 Å². The van der Waals surface area contributed by atoms with Crippen LogP contribution in [0.3, 0.4) is 0 Å². The summed E-state index contributed by atoms with van der Waals surface area (Å²) in [5, 5.41) is 0. The molecule has 1 aromatic carbocycles. The average Bonchev–Trinajstić information content (AvgIpc) is 3.47. The zero-order valence-corrected chi connectivity index (χ0v) is 12.8. The topological polar surface area (TPSA) is 46.8 Å². The smallest absolute Gasteiger partial charge is 0.119 e. The van der Waals surface area contributed by atoms with E-state index in [4.69, 9.17) is 18.9 Å². The van der Waals surface area contributed by atoms with Gasteiger partial charge in [-0.15, -0.1) is 0 Å². The van der Waals surface area contributed by atoms with E-state index in [0.29, 0.717) is 24.9 Å². The molecule has 0 radical (unpaired) electrons. The zero-order chi connectivity index (χ0) is 14.8. The maximum Gasteiger partial charge on any atom is 0.119 e. The first-order chi connectivity index (χ1) is 10.9. The van der Waals surface area contributed by atoms with Crippen LogP contribution in [0.15, 0.2) is 24.3 Å². The van der Waals surface area contributed by atoms with Crippen LogP contribution in [-0.2, 0) is 14.2 Å². The largest absolute Gasteiger partial charge is 0.491 e. The number of ether oxygens (including phenoxy) is 4. The first-order valence-electron chi connectivity index (χ1n) is 8.19. The third-order valence-corrected chi connectivity index (χ3v) is 4.31. The van der Waals surface area contributed by atoms with Gasteiger partial charge in [0.1, 0.15) is 18.5 Å². The van der Waals surface area contributed by atoms with Crippen LogP contribution < -0.4 is 9.64 Å². The van der Waals surface area contributed by atoms with Crippen molar-refractivity contribution in [3.8, 4) is 5.75 Å². The van der Waals surface area contributed by atoms with Crippen LogP contribution in [0, 0.1) is 0 Å². The van der Waals surface area contributed by atoms with Crippen molar-refractivity contribution in [1.82, 2.24) is 0 Å². The van der Waals surface area contributed by atoms with E-state index in [-0.39, 0.29) is 0 Å². The summed E-state index contributed by atoms with van der Waals surface area (Å²) < 4.78 is 22.0. The van der Waals surface area contributed by atoms with Gasteiger partial charge in [-0.3, -0.25) is 0 Å². The summed E-state index contributed by atoms with van der Waals surface area (Å²) in [6.45, 7) is 5.13. The second-order valence-corrected chi connectivity index (χ2v) is 6.26. The van der Waals surface area contributed by atoms with E-state index >= 15 is 0 Å². The first kappa shape index (κ1) is 14.3. The van der Waals surface area contributed by atoms with Crippen molar-refractivity contribution in [1.29, 1.82) is 0 Å². The van der Waals surface area contributed by atoms with E-state index in [9.17, 15) is 0 Å². The second-order valence-electron chi connectivity index (χ2n) is 6.26. The van der Waals surface area contributed by atoms with Gasteiger partial charge in [-0.05, 0) is 37.1 Å². The van der Waals surface area contributed by atoms with Crippen LogP contribution in [0.4, 0.5) is 5.69 Å². The standard InChI is InChI=1S/C17H23NO4/c1-2-15(19-7-1)8-18(9-16-10-21-16)13-3-5-14(6-4-13)20-11-17-12-22-17/h3-6,15-17H,1-2,7-12H2. The van der Waals surface area contributed by atoms with Gasteiger partial charge in [0.25, 0.3) is 0 Å². The molecular formula is C17H23NO4. The molecule has 3 fully saturated rings. The lowest BCUT2D eigenvalue weighted by Gasteiger charge is -2.27. The Hall–Kier alpha value is -1.30. The Balaban J connectivity index is 1.38. The Morgan fingerprint density at radius 3 is 2.32 bits per heavy atom. The fourth-order valence-corrected chi connectivity index (χ4v) is 2.85. The molecule has 3 atom stereocenters. The summed E-state index contributed by atoms with van der Waals surface area (Å²) in [4.78, 5) is 2.38. The van der Waals surface area contributed by atoms with Gasteiger partial charge in [-0.1, -0.05) is 0 Å². The zero-order valence-electron chi connectivity index (χ0n) is 12.8. The van der Waals surface area contributed by atoms with E-state index in [1.54, 1.807) is 0 Å². The minimum absolute atomic E-state index is 0.294. The Morgan fingerprint density at radius 1 is 0.955 bits per heavy atom. The van der Waals surface area contributed by atoms with Gasteiger partial charge < -0.3 is 23.8 Å². The maximum atomic E-state index is 5.78. The normalized spacial score (nSPS) is 29.4. The monoisotopic (exact) mass is 305 g/mol. The van der Waals surface area contributed by atoms with E-state index in [2.05, 4.69) is 17.0 Å². The predicted octanol–water partition coefficient (Wildman–Crippen LogP) is 1.85. The number of nitrogens with zero attached hydrogens (tertiary/aromatic N) is 1. The summed E-state index contributed by atoms with van der Waals surface area (Å²) in [5.41, 5.74) is 1.21. The van der Waals surface area contributed by atoms with Gasteiger partial charge in [-0.2, -0.15) is 0 Å². The number of epoxide rings is 2. The molecule has 0 amide bonds. The molecule has 0 bridgehead atoms. The van der Waals surface area contributed by atoms with Gasteiger partial charge in [-0.25, -0.2) is 0 Å². The molecule has 3 unspecified atom stereocenters. The van der Waals surface area contributed by atoms with Crippen LogP contribution >= 0.6 is 0 Å². The first-order valence-corrected chi connectivity index (χ1v) is 8.19. The lowest BCUT2D eigenvalue weighted by atomic mass is 10.2. The van der Waals surface area contributed by atoms with E-state index < -0.39 is 0 Å². The molecule has 0 saturated carbocycles. The quantitative estimate of drug-likeness (QED) is 0.686. The average molecular weight is 305 g/mol. The Kier molecular flexibility index (Phi) is 4.19. The highest BCUT2D eigenvalue weighted by atomic mass is 16.6. The Morgan fingerprint density at radius 2 is 1.68 bits per heavy atom. The molecule has 22 heavy (non-hydrogen) atoms. The highest BCUT2D eigenvalue weighted by Crippen LogP contribution is 2.25. The van der Waals surface area contributed by atoms with Crippen LogP contribution in [0.1, 0.15) is 12.8 Å². The van der Waals surface area contributed by atoms with Crippen molar-refractivity contribution in [2.24, 2.45) is 0 Å². The fraction of sp³-hybridized carbons (Fsp3) is 0.647. The highest BCUT2D eigenvalue weighted by molar-refractivity contribution is 5.49. The molecule has 0 N–H and O–H groups in total. The SMILES string of the molecule is c1cc(N(CC2CCCO2)CC2CO2)ccc1OCC1CO1. The lowest BCUT2D eigenvalue weighted by Crippen LogP contribution is -2.35. The number of rotatable bonds is 8. The summed E-state index contributed by atoms with van der Waals surface area (Å²) in [6, 6.07) is 8.32. The molecule has 3 aliphatic heterocycles. The molecule has 5 nitrogen and oxygen atoms in total. The molecular weight excluding hydrogens is 282 g/mol. The van der Waals surface area contributed by atoms with Crippen molar-refractivity contribution < 1.29 is 18.9 Å². The van der Waals surface area contributed by atoms with Crippen molar-refractivity contribution in [3.63, 3.8) is 0 Å². The van der Waals surface area contributed by atoms with Crippen LogP contribution in [0.2, 0.25) is 0 Å². The summed E-state index contributed by atoms with van der Waals surface area (Å²) in [5.74, 6) is 0.902. The van der Waals surface area contributed by atoms with Crippen molar-refractivity contribution in [2.75, 3.05) is 44.4 Å². The fourth-order valence-electron chi connectivity index (χ4n) is 2.85. The minimum atomic E-state index is 0.294. The predicted molar refractivity (Wildman–Crippen MR) is 82.6 cm³/mol. The van der Waals surface area contributed by atoms with E-state index in [1.807, 2.05) is 12.1 Å². The number of hydrogen-bond donors (Lipinski definition) is 0. The van der Waals surface area contributed by atoms with Crippen LogP contribution in [0.5, 0.6) is 5.75 Å². The molecule has 0 aliphatic carbocycles. The molecule has 120 valence electrons.